The van der Waals surface area contributed by atoms with Crippen molar-refractivity contribution >= 4 is 23.5 Å². The number of benzene rings is 2. The van der Waals surface area contributed by atoms with Gasteiger partial charge in [0.2, 0.25) is 0 Å². The van der Waals surface area contributed by atoms with E-state index < -0.39 is 4.92 Å². The molecule has 206 valence electrons. The van der Waals surface area contributed by atoms with Crippen LogP contribution in [0.4, 0.5) is 11.4 Å². The molecule has 0 saturated heterocycles. The minimum atomic E-state index is -0.518. The van der Waals surface area contributed by atoms with Crippen molar-refractivity contribution in [2.24, 2.45) is 0 Å². The fourth-order valence-electron chi connectivity index (χ4n) is 4.78. The van der Waals surface area contributed by atoms with Gasteiger partial charge in [0.05, 0.1) is 4.92 Å². The second kappa shape index (κ2) is 19.0. The van der Waals surface area contributed by atoms with E-state index in [-0.39, 0.29) is 11.3 Å². The highest BCUT2D eigenvalue weighted by molar-refractivity contribution is 5.72. The monoisotopic (exact) mass is 517 g/mol. The molecule has 0 amide bonds. The minimum absolute atomic E-state index is 0.0823. The molecule has 0 aromatic heterocycles. The third kappa shape index (κ3) is 11.9. The highest BCUT2D eigenvalue weighted by Gasteiger charge is 2.13. The van der Waals surface area contributed by atoms with Gasteiger partial charge in [0.1, 0.15) is 11.6 Å². The molecule has 0 radical (unpaired) electrons. The molecular weight excluding hydrogens is 470 g/mol. The molecule has 5 heteroatoms. The first kappa shape index (κ1) is 31.1. The molecule has 0 spiro atoms. The van der Waals surface area contributed by atoms with Crippen molar-refractivity contribution in [3.05, 3.63) is 69.3 Å². The number of hydrogen-bond acceptors (Lipinski definition) is 4. The van der Waals surface area contributed by atoms with E-state index in [0.29, 0.717) is 0 Å². The van der Waals surface area contributed by atoms with E-state index in [9.17, 15) is 15.4 Å². The summed E-state index contributed by atoms with van der Waals surface area (Å²) in [6.07, 6.45) is 22.4. The van der Waals surface area contributed by atoms with Gasteiger partial charge in [-0.3, -0.25) is 10.1 Å². The summed E-state index contributed by atoms with van der Waals surface area (Å²) in [5, 5.41) is 20.3. The molecule has 0 heterocycles. The van der Waals surface area contributed by atoms with Crippen LogP contribution in [0.2, 0.25) is 0 Å². The average Bonchev–Trinajstić information content (AvgIpc) is 2.94. The zero-order valence-electron chi connectivity index (χ0n) is 23.7. The molecule has 2 aromatic carbocycles. The molecule has 0 saturated carbocycles. The van der Waals surface area contributed by atoms with E-state index in [1.807, 2.05) is 18.2 Å². The molecule has 2 aromatic rings. The number of hydrogen-bond donors (Lipinski definition) is 0. The van der Waals surface area contributed by atoms with Crippen LogP contribution in [0, 0.1) is 21.4 Å². The zero-order chi connectivity index (χ0) is 27.4. The molecule has 0 aliphatic heterocycles. The Morgan fingerprint density at radius 2 is 1.21 bits per heavy atom. The van der Waals surface area contributed by atoms with Gasteiger partial charge in [-0.1, -0.05) is 115 Å². The fourth-order valence-corrected chi connectivity index (χ4v) is 4.78. The van der Waals surface area contributed by atoms with Crippen molar-refractivity contribution in [3.8, 4) is 6.07 Å². The van der Waals surface area contributed by atoms with Crippen LogP contribution in [0.5, 0.6) is 0 Å². The van der Waals surface area contributed by atoms with Gasteiger partial charge < -0.3 is 4.90 Å². The van der Waals surface area contributed by atoms with Crippen LogP contribution in [0.25, 0.3) is 12.2 Å². The Morgan fingerprint density at radius 3 is 1.71 bits per heavy atom. The zero-order valence-corrected chi connectivity index (χ0v) is 23.7. The summed E-state index contributed by atoms with van der Waals surface area (Å²) >= 11 is 0. The van der Waals surface area contributed by atoms with Gasteiger partial charge in [-0.2, -0.15) is 5.26 Å². The van der Waals surface area contributed by atoms with E-state index in [1.54, 1.807) is 12.1 Å². The molecule has 2 rings (SSSR count). The summed E-state index contributed by atoms with van der Waals surface area (Å²) in [6.45, 7) is 6.75. The maximum atomic E-state index is 11.1. The summed E-state index contributed by atoms with van der Waals surface area (Å²) in [5.74, 6) is 0. The van der Waals surface area contributed by atoms with Crippen molar-refractivity contribution in [1.82, 2.24) is 0 Å². The molecule has 5 nitrogen and oxygen atoms in total. The Balaban J connectivity index is 1.96. The first-order valence-electron chi connectivity index (χ1n) is 14.8. The molecular formula is C33H47N3O2. The summed E-state index contributed by atoms with van der Waals surface area (Å²) < 4.78 is 0. The summed E-state index contributed by atoms with van der Waals surface area (Å²) in [4.78, 5) is 13.1. The molecule has 0 fully saturated rings. The average molecular weight is 518 g/mol. The van der Waals surface area contributed by atoms with Crippen molar-refractivity contribution in [2.45, 2.75) is 104 Å². The number of rotatable bonds is 20. The predicted octanol–water partition coefficient (Wildman–Crippen LogP) is 9.94. The van der Waals surface area contributed by atoms with Crippen molar-refractivity contribution in [2.75, 3.05) is 18.0 Å². The van der Waals surface area contributed by atoms with Crippen LogP contribution in [-0.2, 0) is 0 Å². The van der Waals surface area contributed by atoms with Crippen LogP contribution in [0.3, 0.4) is 0 Å². The van der Waals surface area contributed by atoms with Gasteiger partial charge in [0, 0.05) is 24.8 Å². The Hall–Kier alpha value is -3.13. The van der Waals surface area contributed by atoms with E-state index in [2.05, 4.69) is 43.0 Å². The van der Waals surface area contributed by atoms with Crippen LogP contribution in [0.15, 0.2) is 42.5 Å². The maximum Gasteiger partial charge on any atom is 0.287 e. The van der Waals surface area contributed by atoms with Crippen LogP contribution < -0.4 is 4.90 Å². The van der Waals surface area contributed by atoms with Crippen LogP contribution in [0.1, 0.15) is 120 Å². The number of nitriles is 1. The van der Waals surface area contributed by atoms with Gasteiger partial charge in [-0.25, -0.2) is 0 Å². The Kier molecular flexibility index (Phi) is 15.6. The van der Waals surface area contributed by atoms with E-state index in [4.69, 9.17) is 0 Å². The van der Waals surface area contributed by atoms with E-state index >= 15 is 0 Å². The lowest BCUT2D eigenvalue weighted by molar-refractivity contribution is -0.385. The first-order valence-corrected chi connectivity index (χ1v) is 14.8. The fraction of sp³-hybridized carbons (Fsp3) is 0.545. The summed E-state index contributed by atoms with van der Waals surface area (Å²) in [7, 11) is 0. The third-order valence-electron chi connectivity index (χ3n) is 7.13. The Bertz CT molecular complexity index is 990. The highest BCUT2D eigenvalue weighted by atomic mass is 16.6. The molecule has 0 N–H and O–H groups in total. The van der Waals surface area contributed by atoms with Crippen molar-refractivity contribution < 1.29 is 4.92 Å². The molecule has 0 unspecified atom stereocenters. The number of nitro groups is 1. The van der Waals surface area contributed by atoms with Crippen LogP contribution >= 0.6 is 0 Å². The Morgan fingerprint density at radius 1 is 0.737 bits per heavy atom. The molecule has 38 heavy (non-hydrogen) atoms. The molecule has 0 bridgehead atoms. The highest BCUT2D eigenvalue weighted by Crippen LogP contribution is 2.22. The lowest BCUT2D eigenvalue weighted by Crippen LogP contribution is -2.25. The van der Waals surface area contributed by atoms with Gasteiger partial charge in [0.25, 0.3) is 5.69 Å². The maximum absolute atomic E-state index is 11.1. The van der Waals surface area contributed by atoms with Crippen LogP contribution in [-0.4, -0.2) is 18.0 Å². The molecule has 0 aliphatic carbocycles. The molecule has 0 atom stereocenters. The first-order chi connectivity index (χ1) is 18.6. The van der Waals surface area contributed by atoms with E-state index in [0.717, 1.165) is 24.2 Å². The van der Waals surface area contributed by atoms with Gasteiger partial charge in [0.15, 0.2) is 0 Å². The number of nitrogens with zero attached hydrogens (tertiary/aromatic N) is 3. The molecule has 0 aliphatic rings. The van der Waals surface area contributed by atoms with Gasteiger partial charge in [-0.05, 0) is 48.2 Å². The van der Waals surface area contributed by atoms with E-state index in [1.165, 1.54) is 102 Å². The lowest BCUT2D eigenvalue weighted by Gasteiger charge is -2.25. The number of unbranched alkanes of at least 4 members (excludes halogenated alkanes) is 12. The Labute approximate surface area is 230 Å². The number of anilines is 1. The lowest BCUT2D eigenvalue weighted by atomic mass is 10.1. The largest absolute Gasteiger partial charge is 0.372 e. The second-order valence-electron chi connectivity index (χ2n) is 10.3. The minimum Gasteiger partial charge on any atom is -0.372 e. The summed E-state index contributed by atoms with van der Waals surface area (Å²) in [5.41, 5.74) is 3.05. The standard InChI is InChI=1S/C33H47N3O2/c1-3-5-7-9-11-13-15-25-35(26-16-14-12-10-8-6-4-2)32-22-19-29(20-23-32)17-18-30-21-24-33(36(37)38)31(27-30)28-34/h17-24,27H,3-16,25-26H2,1-2H3. The quantitative estimate of drug-likeness (QED) is 0.0758. The van der Waals surface area contributed by atoms with Crippen molar-refractivity contribution in [1.29, 1.82) is 5.26 Å². The summed E-state index contributed by atoms with van der Waals surface area (Å²) in [6, 6.07) is 15.2. The SMILES string of the molecule is CCCCCCCCCN(CCCCCCCCC)c1ccc(C=Cc2ccc([N+](=O)[O-])c(C#N)c2)cc1. The third-order valence-corrected chi connectivity index (χ3v) is 7.13. The van der Waals surface area contributed by atoms with Gasteiger partial charge >= 0.3 is 0 Å². The smallest absolute Gasteiger partial charge is 0.287 e. The number of nitro benzene ring substituents is 1. The predicted molar refractivity (Wildman–Crippen MR) is 161 cm³/mol. The second-order valence-corrected chi connectivity index (χ2v) is 10.3. The normalized spacial score (nSPS) is 11.1. The van der Waals surface area contributed by atoms with Gasteiger partial charge in [-0.15, -0.1) is 0 Å². The van der Waals surface area contributed by atoms with Crippen molar-refractivity contribution in [3.63, 3.8) is 0 Å². The topological polar surface area (TPSA) is 70.2 Å².